The first kappa shape index (κ1) is 16.5. The minimum atomic E-state index is -3.37. The van der Waals surface area contributed by atoms with Crippen LogP contribution in [0, 0.1) is 5.92 Å². The van der Waals surface area contributed by atoms with Gasteiger partial charge in [-0.2, -0.15) is 0 Å². The quantitative estimate of drug-likeness (QED) is 0.724. The number of nitrogens with one attached hydrogen (secondary N) is 2. The summed E-state index contributed by atoms with van der Waals surface area (Å²) in [7, 11) is -3.37. The minimum Gasteiger partial charge on any atom is -0.349 e. The number of carbonyl (C=O) groups excluding carboxylic acids is 1. The number of amides is 1. The summed E-state index contributed by atoms with van der Waals surface area (Å²) >= 11 is 0. The molecule has 1 aromatic carbocycles. The fourth-order valence-electron chi connectivity index (χ4n) is 1.71. The highest BCUT2D eigenvalue weighted by Gasteiger charge is 2.17. The summed E-state index contributed by atoms with van der Waals surface area (Å²) < 4.78 is 25.1. The lowest BCUT2D eigenvalue weighted by Crippen LogP contribution is -2.35. The maximum atomic E-state index is 11.8. The zero-order valence-electron chi connectivity index (χ0n) is 11.9. The molecule has 1 rings (SSSR count). The third kappa shape index (κ3) is 4.82. The summed E-state index contributed by atoms with van der Waals surface area (Å²) in [5.41, 5.74) is 6.61. The molecule has 6 nitrogen and oxygen atoms in total. The second-order valence-corrected chi connectivity index (χ2v) is 6.58. The number of carbonyl (C=O) groups is 1. The standard InChI is InChI=1S/C13H21N3O3S/c1-9(8-14)13(17)15-10(2)11-6-4-5-7-12(11)16-20(3,18)19/h4-7,9-10,16H,8,14H2,1-3H3,(H,15,17). The van der Waals surface area contributed by atoms with Crippen LogP contribution in [0.15, 0.2) is 24.3 Å². The SMILES string of the molecule is CC(CN)C(=O)NC(C)c1ccccc1NS(C)(=O)=O. The Kier molecular flexibility index (Phi) is 5.52. The Morgan fingerprint density at radius 2 is 1.90 bits per heavy atom. The van der Waals surface area contributed by atoms with Gasteiger partial charge in [-0.05, 0) is 18.6 Å². The lowest BCUT2D eigenvalue weighted by atomic mass is 10.1. The molecule has 0 saturated heterocycles. The second kappa shape index (κ2) is 6.71. The number of benzene rings is 1. The van der Waals surface area contributed by atoms with E-state index in [2.05, 4.69) is 10.0 Å². The lowest BCUT2D eigenvalue weighted by molar-refractivity contribution is -0.124. The van der Waals surface area contributed by atoms with Crippen molar-refractivity contribution in [2.24, 2.45) is 11.7 Å². The molecule has 112 valence electrons. The first-order valence-corrected chi connectivity index (χ1v) is 8.21. The van der Waals surface area contributed by atoms with Gasteiger partial charge in [0.25, 0.3) is 0 Å². The van der Waals surface area contributed by atoms with Crippen molar-refractivity contribution >= 4 is 21.6 Å². The maximum absolute atomic E-state index is 11.8. The molecule has 4 N–H and O–H groups in total. The Labute approximate surface area is 119 Å². The minimum absolute atomic E-state index is 0.158. The third-order valence-corrected chi connectivity index (χ3v) is 3.47. The first-order valence-electron chi connectivity index (χ1n) is 6.31. The molecule has 0 heterocycles. The highest BCUT2D eigenvalue weighted by Crippen LogP contribution is 2.23. The van der Waals surface area contributed by atoms with Crippen molar-refractivity contribution in [2.75, 3.05) is 17.5 Å². The first-order chi connectivity index (χ1) is 9.24. The molecule has 1 aromatic rings. The zero-order valence-corrected chi connectivity index (χ0v) is 12.7. The number of anilines is 1. The van der Waals surface area contributed by atoms with Crippen molar-refractivity contribution in [3.05, 3.63) is 29.8 Å². The van der Waals surface area contributed by atoms with Crippen molar-refractivity contribution in [2.45, 2.75) is 19.9 Å². The molecule has 0 aliphatic carbocycles. The molecule has 0 fully saturated rings. The van der Waals surface area contributed by atoms with Crippen molar-refractivity contribution in [1.82, 2.24) is 5.32 Å². The predicted molar refractivity (Wildman–Crippen MR) is 79.7 cm³/mol. The van der Waals surface area contributed by atoms with Gasteiger partial charge < -0.3 is 11.1 Å². The van der Waals surface area contributed by atoms with Crippen LogP contribution in [-0.2, 0) is 14.8 Å². The third-order valence-electron chi connectivity index (χ3n) is 2.88. The molecule has 0 aliphatic heterocycles. The Bertz CT molecular complexity index is 572. The largest absolute Gasteiger partial charge is 0.349 e. The van der Waals surface area contributed by atoms with Crippen LogP contribution in [0.25, 0.3) is 0 Å². The molecule has 0 aliphatic rings. The summed E-state index contributed by atoms with van der Waals surface area (Å²) in [5, 5.41) is 2.82. The van der Waals surface area contributed by atoms with Crippen molar-refractivity contribution in [1.29, 1.82) is 0 Å². The molecule has 7 heteroatoms. The van der Waals surface area contributed by atoms with E-state index in [9.17, 15) is 13.2 Å². The smallest absolute Gasteiger partial charge is 0.229 e. The van der Waals surface area contributed by atoms with E-state index in [4.69, 9.17) is 5.73 Å². The van der Waals surface area contributed by atoms with Crippen LogP contribution in [0.1, 0.15) is 25.5 Å². The molecule has 0 spiro atoms. The highest BCUT2D eigenvalue weighted by atomic mass is 32.2. The number of hydrogen-bond acceptors (Lipinski definition) is 4. The van der Waals surface area contributed by atoms with Crippen LogP contribution in [-0.4, -0.2) is 27.1 Å². The van der Waals surface area contributed by atoms with Gasteiger partial charge in [0.15, 0.2) is 0 Å². The molecule has 0 aromatic heterocycles. The molecule has 0 saturated carbocycles. The van der Waals surface area contributed by atoms with Gasteiger partial charge in [-0.1, -0.05) is 25.1 Å². The molecule has 20 heavy (non-hydrogen) atoms. The zero-order chi connectivity index (χ0) is 15.3. The molecule has 2 atom stereocenters. The van der Waals surface area contributed by atoms with Gasteiger partial charge in [-0.25, -0.2) is 8.42 Å². The van der Waals surface area contributed by atoms with Crippen LogP contribution in [0.5, 0.6) is 0 Å². The number of rotatable bonds is 6. The van der Waals surface area contributed by atoms with Gasteiger partial charge >= 0.3 is 0 Å². The van der Waals surface area contributed by atoms with Crippen LogP contribution in [0.2, 0.25) is 0 Å². The Morgan fingerprint density at radius 1 is 1.30 bits per heavy atom. The average Bonchev–Trinajstić information content (AvgIpc) is 2.36. The molecule has 0 bridgehead atoms. The molecular formula is C13H21N3O3S. The van der Waals surface area contributed by atoms with Gasteiger partial charge in [0.1, 0.15) is 0 Å². The van der Waals surface area contributed by atoms with E-state index >= 15 is 0 Å². The number of nitrogens with two attached hydrogens (primary N) is 1. The summed E-state index contributed by atoms with van der Waals surface area (Å²) in [5.74, 6) is -0.443. The van der Waals surface area contributed by atoms with Crippen LogP contribution >= 0.6 is 0 Å². The fourth-order valence-corrected chi connectivity index (χ4v) is 2.29. The number of sulfonamides is 1. The normalized spacial score (nSPS) is 14.4. The van der Waals surface area contributed by atoms with Gasteiger partial charge in [0.05, 0.1) is 18.0 Å². The maximum Gasteiger partial charge on any atom is 0.229 e. The summed E-state index contributed by atoms with van der Waals surface area (Å²) in [6, 6.07) is 6.63. The predicted octanol–water partition coefficient (Wildman–Crippen LogP) is 0.830. The van der Waals surface area contributed by atoms with E-state index < -0.39 is 10.0 Å². The second-order valence-electron chi connectivity index (χ2n) is 4.83. The Hall–Kier alpha value is -1.60. The Balaban J connectivity index is 2.93. The van der Waals surface area contributed by atoms with Crippen LogP contribution in [0.3, 0.4) is 0 Å². The Morgan fingerprint density at radius 3 is 2.45 bits per heavy atom. The average molecular weight is 299 g/mol. The topological polar surface area (TPSA) is 101 Å². The van der Waals surface area contributed by atoms with Crippen molar-refractivity contribution in [3.63, 3.8) is 0 Å². The molecule has 2 unspecified atom stereocenters. The number of hydrogen-bond donors (Lipinski definition) is 3. The van der Waals surface area contributed by atoms with E-state index in [1.165, 1.54) is 0 Å². The van der Waals surface area contributed by atoms with Crippen LogP contribution < -0.4 is 15.8 Å². The van der Waals surface area contributed by atoms with E-state index in [1.807, 2.05) is 0 Å². The monoisotopic (exact) mass is 299 g/mol. The van der Waals surface area contributed by atoms with Gasteiger partial charge in [-0.15, -0.1) is 0 Å². The van der Waals surface area contributed by atoms with E-state index in [-0.39, 0.29) is 24.4 Å². The van der Waals surface area contributed by atoms with Gasteiger partial charge in [0, 0.05) is 12.5 Å². The molecule has 0 radical (unpaired) electrons. The molecular weight excluding hydrogens is 278 g/mol. The van der Waals surface area contributed by atoms with Crippen molar-refractivity contribution < 1.29 is 13.2 Å². The van der Waals surface area contributed by atoms with Crippen LogP contribution in [0.4, 0.5) is 5.69 Å². The van der Waals surface area contributed by atoms with E-state index in [1.54, 1.807) is 38.1 Å². The summed E-state index contributed by atoms with van der Waals surface area (Å²) in [4.78, 5) is 11.8. The summed E-state index contributed by atoms with van der Waals surface area (Å²) in [6.45, 7) is 3.80. The number of para-hydroxylation sites is 1. The fraction of sp³-hybridized carbons (Fsp3) is 0.462. The van der Waals surface area contributed by atoms with E-state index in [0.29, 0.717) is 11.3 Å². The van der Waals surface area contributed by atoms with Crippen molar-refractivity contribution in [3.8, 4) is 0 Å². The van der Waals surface area contributed by atoms with E-state index in [0.717, 1.165) is 6.26 Å². The lowest BCUT2D eigenvalue weighted by Gasteiger charge is -2.20. The molecule has 1 amide bonds. The van der Waals surface area contributed by atoms with Gasteiger partial charge in [-0.3, -0.25) is 9.52 Å². The summed E-state index contributed by atoms with van der Waals surface area (Å²) in [6.07, 6.45) is 1.09. The highest BCUT2D eigenvalue weighted by molar-refractivity contribution is 7.92. The van der Waals surface area contributed by atoms with Gasteiger partial charge in [0.2, 0.25) is 15.9 Å².